The standard InChI is InChI=1S/C14H14F2N2O2S/c1-9-10(8-17)3-2-4-14(9)21(19,20)18-13-6-11(15)5-12(16)7-13/h2-7,18H,8,17H2,1H3. The monoisotopic (exact) mass is 312 g/mol. The Labute approximate surface area is 121 Å². The molecule has 0 aliphatic rings. The first-order chi connectivity index (χ1) is 9.83. The van der Waals surface area contributed by atoms with Gasteiger partial charge in [0.25, 0.3) is 10.0 Å². The van der Waals surface area contributed by atoms with Crippen LogP contribution in [0, 0.1) is 18.6 Å². The highest BCUT2D eigenvalue weighted by Gasteiger charge is 2.18. The molecule has 0 saturated heterocycles. The minimum atomic E-state index is -3.95. The van der Waals surface area contributed by atoms with Gasteiger partial charge in [-0.15, -0.1) is 0 Å². The lowest BCUT2D eigenvalue weighted by Crippen LogP contribution is -2.16. The van der Waals surface area contributed by atoms with Gasteiger partial charge in [-0.2, -0.15) is 0 Å². The molecule has 4 nitrogen and oxygen atoms in total. The van der Waals surface area contributed by atoms with Gasteiger partial charge in [-0.25, -0.2) is 17.2 Å². The summed E-state index contributed by atoms with van der Waals surface area (Å²) in [5, 5.41) is 0. The Bertz CT molecular complexity index is 756. The van der Waals surface area contributed by atoms with E-state index in [2.05, 4.69) is 4.72 Å². The molecule has 0 amide bonds. The molecule has 2 rings (SSSR count). The molecule has 0 heterocycles. The molecule has 0 aromatic heterocycles. The van der Waals surface area contributed by atoms with Gasteiger partial charge in [-0.3, -0.25) is 4.72 Å². The van der Waals surface area contributed by atoms with Crippen LogP contribution in [0.5, 0.6) is 0 Å². The average Bonchev–Trinajstić information content (AvgIpc) is 2.36. The van der Waals surface area contributed by atoms with E-state index >= 15 is 0 Å². The highest BCUT2D eigenvalue weighted by atomic mass is 32.2. The quantitative estimate of drug-likeness (QED) is 0.911. The van der Waals surface area contributed by atoms with Crippen LogP contribution in [-0.4, -0.2) is 8.42 Å². The van der Waals surface area contributed by atoms with Crippen LogP contribution in [-0.2, 0) is 16.6 Å². The molecule has 2 aromatic carbocycles. The van der Waals surface area contributed by atoms with Crippen LogP contribution in [0.3, 0.4) is 0 Å². The van der Waals surface area contributed by atoms with E-state index in [1.807, 2.05) is 0 Å². The third-order valence-electron chi connectivity index (χ3n) is 3.02. The maximum Gasteiger partial charge on any atom is 0.262 e. The SMILES string of the molecule is Cc1c(CN)cccc1S(=O)(=O)Nc1cc(F)cc(F)c1. The minimum Gasteiger partial charge on any atom is -0.326 e. The summed E-state index contributed by atoms with van der Waals surface area (Å²) in [6.45, 7) is 1.83. The second-order valence-corrected chi connectivity index (χ2v) is 6.16. The largest absolute Gasteiger partial charge is 0.326 e. The predicted molar refractivity (Wildman–Crippen MR) is 76.2 cm³/mol. The molecule has 112 valence electrons. The molecule has 0 unspecified atom stereocenters. The summed E-state index contributed by atoms with van der Waals surface area (Å²) >= 11 is 0. The van der Waals surface area contributed by atoms with E-state index in [0.29, 0.717) is 17.2 Å². The normalized spacial score (nSPS) is 11.4. The summed E-state index contributed by atoms with van der Waals surface area (Å²) in [7, 11) is -3.95. The van der Waals surface area contributed by atoms with Crippen molar-refractivity contribution < 1.29 is 17.2 Å². The molecule has 2 aromatic rings. The summed E-state index contributed by atoms with van der Waals surface area (Å²) in [5.41, 5.74) is 6.55. The number of halogens is 2. The number of hydrogen-bond acceptors (Lipinski definition) is 3. The summed E-state index contributed by atoms with van der Waals surface area (Å²) < 4.78 is 53.0. The molecule has 7 heteroatoms. The molecule has 0 aliphatic heterocycles. The van der Waals surface area contributed by atoms with Gasteiger partial charge in [-0.05, 0) is 36.2 Å². The van der Waals surface area contributed by atoms with Crippen LogP contribution in [0.2, 0.25) is 0 Å². The zero-order valence-corrected chi connectivity index (χ0v) is 12.0. The maximum atomic E-state index is 13.1. The highest BCUT2D eigenvalue weighted by molar-refractivity contribution is 7.92. The van der Waals surface area contributed by atoms with E-state index in [9.17, 15) is 17.2 Å². The Morgan fingerprint density at radius 2 is 1.76 bits per heavy atom. The Hall–Kier alpha value is -1.99. The highest BCUT2D eigenvalue weighted by Crippen LogP contribution is 2.22. The van der Waals surface area contributed by atoms with Gasteiger partial charge in [0.05, 0.1) is 10.6 Å². The van der Waals surface area contributed by atoms with E-state index in [0.717, 1.165) is 12.1 Å². The summed E-state index contributed by atoms with van der Waals surface area (Å²) in [5.74, 6) is -1.72. The van der Waals surface area contributed by atoms with Gasteiger partial charge in [0.2, 0.25) is 0 Å². The third kappa shape index (κ3) is 3.37. The summed E-state index contributed by atoms with van der Waals surface area (Å²) in [4.78, 5) is 0.0233. The van der Waals surface area contributed by atoms with Crippen LogP contribution < -0.4 is 10.5 Å². The van der Waals surface area contributed by atoms with E-state index in [1.165, 1.54) is 6.07 Å². The van der Waals surface area contributed by atoms with Crippen molar-refractivity contribution >= 4 is 15.7 Å². The van der Waals surface area contributed by atoms with Gasteiger partial charge < -0.3 is 5.73 Å². The zero-order chi connectivity index (χ0) is 15.6. The number of hydrogen-bond donors (Lipinski definition) is 2. The van der Waals surface area contributed by atoms with E-state index in [4.69, 9.17) is 5.73 Å². The van der Waals surface area contributed by atoms with Crippen LogP contribution in [0.4, 0.5) is 14.5 Å². The van der Waals surface area contributed by atoms with Crippen molar-refractivity contribution in [2.75, 3.05) is 4.72 Å². The number of sulfonamides is 1. The second kappa shape index (κ2) is 5.79. The van der Waals surface area contributed by atoms with Crippen LogP contribution in [0.15, 0.2) is 41.3 Å². The second-order valence-electron chi connectivity index (χ2n) is 4.51. The Morgan fingerprint density at radius 3 is 2.33 bits per heavy atom. The zero-order valence-electron chi connectivity index (χ0n) is 11.2. The number of benzene rings is 2. The number of anilines is 1. The number of nitrogens with one attached hydrogen (secondary N) is 1. The van der Waals surface area contributed by atoms with Crippen molar-refractivity contribution in [1.82, 2.24) is 0 Å². The van der Waals surface area contributed by atoms with Crippen LogP contribution in [0.25, 0.3) is 0 Å². The lowest BCUT2D eigenvalue weighted by atomic mass is 10.1. The van der Waals surface area contributed by atoms with Crippen molar-refractivity contribution in [2.45, 2.75) is 18.4 Å². The van der Waals surface area contributed by atoms with Crippen molar-refractivity contribution in [3.05, 3.63) is 59.2 Å². The average molecular weight is 312 g/mol. The lowest BCUT2D eigenvalue weighted by Gasteiger charge is -2.12. The molecule has 0 spiro atoms. The summed E-state index contributed by atoms with van der Waals surface area (Å²) in [6.07, 6.45) is 0. The number of nitrogens with two attached hydrogens (primary N) is 1. The van der Waals surface area contributed by atoms with Gasteiger partial charge in [0.15, 0.2) is 0 Å². The van der Waals surface area contributed by atoms with E-state index in [-0.39, 0.29) is 17.1 Å². The van der Waals surface area contributed by atoms with Crippen LogP contribution in [0.1, 0.15) is 11.1 Å². The fourth-order valence-electron chi connectivity index (χ4n) is 2.00. The van der Waals surface area contributed by atoms with Crippen molar-refractivity contribution in [1.29, 1.82) is 0 Å². The smallest absolute Gasteiger partial charge is 0.262 e. The fourth-order valence-corrected chi connectivity index (χ4v) is 3.33. The summed E-state index contributed by atoms with van der Waals surface area (Å²) in [6, 6.07) is 7.17. The van der Waals surface area contributed by atoms with Crippen LogP contribution >= 0.6 is 0 Å². The Balaban J connectivity index is 2.43. The van der Waals surface area contributed by atoms with E-state index in [1.54, 1.807) is 19.1 Å². The fraction of sp³-hybridized carbons (Fsp3) is 0.143. The van der Waals surface area contributed by atoms with Gasteiger partial charge in [0, 0.05) is 12.6 Å². The topological polar surface area (TPSA) is 72.2 Å². The maximum absolute atomic E-state index is 13.1. The molecular weight excluding hydrogens is 298 g/mol. The number of rotatable bonds is 4. The third-order valence-corrected chi connectivity index (χ3v) is 4.55. The van der Waals surface area contributed by atoms with E-state index < -0.39 is 21.7 Å². The first-order valence-electron chi connectivity index (χ1n) is 6.11. The van der Waals surface area contributed by atoms with Crippen molar-refractivity contribution in [3.63, 3.8) is 0 Å². The first kappa shape index (κ1) is 15.4. The predicted octanol–water partition coefficient (Wildman–Crippen LogP) is 2.53. The molecule has 0 fully saturated rings. The minimum absolute atomic E-state index is 0.0233. The Kier molecular flexibility index (Phi) is 4.24. The first-order valence-corrected chi connectivity index (χ1v) is 7.59. The molecular formula is C14H14F2N2O2S. The van der Waals surface area contributed by atoms with Gasteiger partial charge in [-0.1, -0.05) is 12.1 Å². The van der Waals surface area contributed by atoms with Gasteiger partial charge >= 0.3 is 0 Å². The van der Waals surface area contributed by atoms with Gasteiger partial charge in [0.1, 0.15) is 11.6 Å². The molecule has 0 bridgehead atoms. The van der Waals surface area contributed by atoms with Crippen molar-refractivity contribution in [2.24, 2.45) is 5.73 Å². The van der Waals surface area contributed by atoms with Crippen molar-refractivity contribution in [3.8, 4) is 0 Å². The molecule has 0 aliphatic carbocycles. The molecule has 0 saturated carbocycles. The molecule has 21 heavy (non-hydrogen) atoms. The molecule has 0 atom stereocenters. The molecule has 0 radical (unpaired) electrons. The lowest BCUT2D eigenvalue weighted by molar-refractivity contribution is 0.584. The Morgan fingerprint density at radius 1 is 1.14 bits per heavy atom. The molecule has 3 N–H and O–H groups in total.